The highest BCUT2D eigenvalue weighted by atomic mass is 19.1. The average Bonchev–Trinajstić information content (AvgIpc) is 3.33. The van der Waals surface area contributed by atoms with Crippen molar-refractivity contribution < 1.29 is 28.6 Å². The summed E-state index contributed by atoms with van der Waals surface area (Å²) < 4.78 is 27.3. The number of morpholine rings is 1. The molecular weight excluding hydrogens is 519 g/mol. The lowest BCUT2D eigenvalue weighted by atomic mass is 9.81. The van der Waals surface area contributed by atoms with Crippen molar-refractivity contribution in [1.82, 2.24) is 20.2 Å². The van der Waals surface area contributed by atoms with Gasteiger partial charge >= 0.3 is 5.97 Å². The number of amides is 1. The van der Waals surface area contributed by atoms with Gasteiger partial charge in [0.1, 0.15) is 18.5 Å². The van der Waals surface area contributed by atoms with Crippen LogP contribution in [0.25, 0.3) is 22.3 Å². The molecule has 5 heterocycles. The van der Waals surface area contributed by atoms with Crippen molar-refractivity contribution >= 4 is 22.8 Å². The number of benzene rings is 1. The summed E-state index contributed by atoms with van der Waals surface area (Å²) in [7, 11) is 0. The molecule has 0 spiro atoms. The van der Waals surface area contributed by atoms with Crippen LogP contribution in [0.15, 0.2) is 16.9 Å². The van der Waals surface area contributed by atoms with Gasteiger partial charge in [-0.15, -0.1) is 0 Å². The van der Waals surface area contributed by atoms with Crippen molar-refractivity contribution in [2.75, 3.05) is 19.8 Å². The van der Waals surface area contributed by atoms with Crippen molar-refractivity contribution in [3.05, 3.63) is 61.7 Å². The third-order valence-electron chi connectivity index (χ3n) is 8.93. The van der Waals surface area contributed by atoms with Gasteiger partial charge in [0.2, 0.25) is 5.91 Å². The van der Waals surface area contributed by atoms with Gasteiger partial charge in [-0.1, -0.05) is 6.92 Å². The molecule has 7 rings (SSSR count). The quantitative estimate of drug-likeness (QED) is 0.329. The lowest BCUT2D eigenvalue weighted by Gasteiger charge is -2.32. The molecule has 2 aromatic heterocycles. The summed E-state index contributed by atoms with van der Waals surface area (Å²) in [6, 6.07) is 2.18. The molecular formula is C29H29FN4O6. The summed E-state index contributed by atoms with van der Waals surface area (Å²) in [4.78, 5) is 44.3. The van der Waals surface area contributed by atoms with Crippen LogP contribution in [0, 0.1) is 12.7 Å². The number of hydrogen-bond donors (Lipinski definition) is 3. The Morgan fingerprint density at radius 1 is 1.30 bits per heavy atom. The summed E-state index contributed by atoms with van der Waals surface area (Å²) in [5, 5.41) is 18.4. The minimum Gasteiger partial charge on any atom is -0.458 e. The van der Waals surface area contributed by atoms with E-state index < -0.39 is 17.6 Å². The maximum Gasteiger partial charge on any atom is 0.343 e. The summed E-state index contributed by atoms with van der Waals surface area (Å²) in [6.07, 6.45) is 1.16. The Balaban J connectivity index is 1.44. The van der Waals surface area contributed by atoms with Crippen LogP contribution in [-0.4, -0.2) is 52.3 Å². The number of aryl methyl sites for hydroxylation is 1. The lowest BCUT2D eigenvalue weighted by molar-refractivity contribution is -0.172. The van der Waals surface area contributed by atoms with E-state index >= 15 is 4.39 Å². The molecule has 10 nitrogen and oxygen atoms in total. The number of aliphatic hydroxyl groups is 1. The molecule has 4 aliphatic rings. The molecule has 1 aromatic carbocycles. The number of carbonyl (C=O) groups is 2. The largest absolute Gasteiger partial charge is 0.458 e. The minimum absolute atomic E-state index is 0.0336. The van der Waals surface area contributed by atoms with Crippen LogP contribution in [-0.2, 0) is 44.2 Å². The molecule has 1 aliphatic carbocycles. The normalized spacial score (nSPS) is 24.8. The molecule has 1 fully saturated rings. The smallest absolute Gasteiger partial charge is 0.343 e. The first-order valence-electron chi connectivity index (χ1n) is 13.7. The molecule has 1 saturated heterocycles. The van der Waals surface area contributed by atoms with Crippen molar-refractivity contribution in [3.8, 4) is 11.4 Å². The highest BCUT2D eigenvalue weighted by Crippen LogP contribution is 2.45. The topological polar surface area (TPSA) is 132 Å². The van der Waals surface area contributed by atoms with Gasteiger partial charge in [-0.3, -0.25) is 9.59 Å². The predicted octanol–water partition coefficient (Wildman–Crippen LogP) is 1.62. The molecule has 3 aromatic rings. The second kappa shape index (κ2) is 8.92. The first-order valence-corrected chi connectivity index (χ1v) is 13.7. The predicted molar refractivity (Wildman–Crippen MR) is 141 cm³/mol. The van der Waals surface area contributed by atoms with Crippen molar-refractivity contribution in [3.63, 3.8) is 0 Å². The van der Waals surface area contributed by atoms with Gasteiger partial charge in [0.25, 0.3) is 5.56 Å². The summed E-state index contributed by atoms with van der Waals surface area (Å²) in [5.41, 5.74) is 2.49. The first kappa shape index (κ1) is 25.3. The number of esters is 1. The van der Waals surface area contributed by atoms with Crippen LogP contribution in [0.2, 0.25) is 0 Å². The number of fused-ring (bicyclic) bond motifs is 5. The monoisotopic (exact) mass is 548 g/mol. The number of nitrogens with zero attached hydrogens (tertiary/aromatic N) is 2. The van der Waals surface area contributed by atoms with E-state index in [4.69, 9.17) is 14.5 Å². The van der Waals surface area contributed by atoms with Gasteiger partial charge in [-0.25, -0.2) is 14.2 Å². The fourth-order valence-electron chi connectivity index (χ4n) is 6.71. The number of ether oxygens (including phenoxy) is 2. The zero-order valence-electron chi connectivity index (χ0n) is 22.2. The SMILES string of the molecule is CC[C@]1(O)C(=O)OCc2c1cc1n(c2=O)Cc2c-1nc1cc(F)c(C)c3c1c2[C@H](NC(=O)C1COCCN1)CC3. The average molecular weight is 549 g/mol. The third-order valence-corrected chi connectivity index (χ3v) is 8.93. The number of nitrogens with one attached hydrogen (secondary N) is 2. The molecule has 3 atom stereocenters. The van der Waals surface area contributed by atoms with Gasteiger partial charge in [-0.05, 0) is 48.9 Å². The minimum atomic E-state index is -1.95. The Labute approximate surface area is 228 Å². The molecule has 3 N–H and O–H groups in total. The Kier molecular flexibility index (Phi) is 5.64. The molecule has 208 valence electrons. The van der Waals surface area contributed by atoms with E-state index in [2.05, 4.69) is 10.6 Å². The number of carbonyl (C=O) groups excluding carboxylic acids is 2. The Bertz CT molecular complexity index is 1690. The third kappa shape index (κ3) is 3.44. The van der Waals surface area contributed by atoms with E-state index in [9.17, 15) is 19.5 Å². The lowest BCUT2D eigenvalue weighted by Crippen LogP contribution is -2.52. The van der Waals surface area contributed by atoms with Gasteiger partial charge in [0.05, 0.1) is 48.3 Å². The van der Waals surface area contributed by atoms with Gasteiger partial charge in [0.15, 0.2) is 5.60 Å². The van der Waals surface area contributed by atoms with Crippen LogP contribution in [0.5, 0.6) is 0 Å². The second-order valence-electron chi connectivity index (χ2n) is 11.0. The van der Waals surface area contributed by atoms with Gasteiger partial charge < -0.3 is 29.8 Å². The van der Waals surface area contributed by atoms with E-state index in [0.717, 1.165) is 22.1 Å². The maximum atomic E-state index is 15.1. The summed E-state index contributed by atoms with van der Waals surface area (Å²) in [5.74, 6) is -1.34. The second-order valence-corrected chi connectivity index (χ2v) is 11.0. The van der Waals surface area contributed by atoms with Crippen LogP contribution in [0.1, 0.15) is 59.2 Å². The van der Waals surface area contributed by atoms with Crippen molar-refractivity contribution in [2.45, 2.75) is 63.9 Å². The Hall–Kier alpha value is -3.67. The maximum absolute atomic E-state index is 15.1. The van der Waals surface area contributed by atoms with E-state index in [-0.39, 0.29) is 60.6 Å². The van der Waals surface area contributed by atoms with Crippen molar-refractivity contribution in [1.29, 1.82) is 0 Å². The van der Waals surface area contributed by atoms with Crippen LogP contribution >= 0.6 is 0 Å². The van der Waals surface area contributed by atoms with Crippen LogP contribution in [0.4, 0.5) is 4.39 Å². The highest BCUT2D eigenvalue weighted by Gasteiger charge is 2.46. The van der Waals surface area contributed by atoms with E-state index in [1.807, 2.05) is 0 Å². The number of hydrogen-bond acceptors (Lipinski definition) is 8. The fourth-order valence-corrected chi connectivity index (χ4v) is 6.71. The Morgan fingerprint density at radius 2 is 2.12 bits per heavy atom. The summed E-state index contributed by atoms with van der Waals surface area (Å²) in [6.45, 7) is 4.77. The zero-order chi connectivity index (χ0) is 27.9. The fraction of sp³-hybridized carbons (Fsp3) is 0.448. The number of rotatable bonds is 3. The standard InChI is InChI=1S/C29H29FN4O6/c1-3-29(38)17-8-22-25-15(10-34(22)27(36)16(17)11-40-28(29)37)24-19(33-26(35)21-12-39-7-6-31-21)5-4-14-13(2)18(30)9-20(32-25)23(14)24/h8-9,19,21,31,38H,3-7,10-12H2,1-2H3,(H,33,35)/t19-,21?,29-/m1/s1. The summed E-state index contributed by atoms with van der Waals surface area (Å²) >= 11 is 0. The van der Waals surface area contributed by atoms with Gasteiger partial charge in [-0.2, -0.15) is 0 Å². The van der Waals surface area contributed by atoms with Gasteiger partial charge in [0, 0.05) is 29.1 Å². The first-order chi connectivity index (χ1) is 19.2. The zero-order valence-corrected chi connectivity index (χ0v) is 22.2. The molecule has 1 unspecified atom stereocenters. The van der Waals surface area contributed by atoms with Crippen LogP contribution < -0.4 is 16.2 Å². The number of aromatic nitrogens is 2. The number of cyclic esters (lactones) is 1. The molecule has 0 saturated carbocycles. The van der Waals surface area contributed by atoms with E-state index in [1.54, 1.807) is 24.5 Å². The Morgan fingerprint density at radius 3 is 2.88 bits per heavy atom. The van der Waals surface area contributed by atoms with Crippen molar-refractivity contribution in [2.24, 2.45) is 0 Å². The van der Waals surface area contributed by atoms with E-state index in [0.29, 0.717) is 48.5 Å². The van der Waals surface area contributed by atoms with E-state index in [1.165, 1.54) is 6.07 Å². The van der Waals surface area contributed by atoms with Crippen LogP contribution in [0.3, 0.4) is 0 Å². The highest BCUT2D eigenvalue weighted by molar-refractivity contribution is 5.94. The molecule has 0 radical (unpaired) electrons. The molecule has 40 heavy (non-hydrogen) atoms. The molecule has 1 amide bonds. The molecule has 11 heteroatoms. The molecule has 3 aliphatic heterocycles. The number of pyridine rings is 2. The number of halogens is 1. The molecule has 0 bridgehead atoms.